The number of rotatable bonds is 2. The second-order valence-corrected chi connectivity index (χ2v) is 6.74. The number of benzene rings is 1. The Morgan fingerprint density at radius 2 is 2.14 bits per heavy atom. The van der Waals surface area contributed by atoms with E-state index in [9.17, 15) is 4.79 Å². The summed E-state index contributed by atoms with van der Waals surface area (Å²) in [5.41, 5.74) is 2.37. The molecule has 2 N–H and O–H groups in total. The summed E-state index contributed by atoms with van der Waals surface area (Å²) in [5, 5.41) is 7.12. The molecular weight excluding hydrogens is 384 g/mol. The zero-order valence-electron chi connectivity index (χ0n) is 14.6. The number of nitrogens with zero attached hydrogens (tertiary/aromatic N) is 4. The third-order valence-electron chi connectivity index (χ3n) is 4.33. The number of carbonyl (C=O) groups is 1. The molecule has 0 spiro atoms. The molecule has 0 saturated heterocycles. The molecule has 3 aromatic heterocycles. The van der Waals surface area contributed by atoms with Crippen molar-refractivity contribution in [3.63, 3.8) is 0 Å². The minimum atomic E-state index is -0.259. The fourth-order valence-electron chi connectivity index (χ4n) is 3.10. The van der Waals surface area contributed by atoms with Crippen LogP contribution in [0.4, 0.5) is 5.69 Å². The van der Waals surface area contributed by atoms with E-state index in [0.29, 0.717) is 34.2 Å². The number of anilines is 1. The fourth-order valence-corrected chi connectivity index (χ4v) is 3.24. The monoisotopic (exact) mass is 396 g/mol. The number of hydrogen-bond donors (Lipinski definition) is 2. The van der Waals surface area contributed by atoms with Crippen molar-refractivity contribution in [2.24, 2.45) is 0 Å². The largest absolute Gasteiger partial charge is 0.449 e. The summed E-state index contributed by atoms with van der Waals surface area (Å²) in [5.74, 6) is 0.504. The lowest BCUT2D eigenvalue weighted by Gasteiger charge is -2.09. The molecule has 0 fully saturated rings. The van der Waals surface area contributed by atoms with E-state index in [2.05, 4.69) is 30.6 Å². The topological polar surface area (TPSA) is 115 Å². The summed E-state index contributed by atoms with van der Waals surface area (Å²) in [6, 6.07) is 4.97. The number of hydrogen-bond acceptors (Lipinski definition) is 8. The van der Waals surface area contributed by atoms with Gasteiger partial charge in [0.25, 0.3) is 5.91 Å². The summed E-state index contributed by atoms with van der Waals surface area (Å²) < 4.78 is 11.4. The van der Waals surface area contributed by atoms with Gasteiger partial charge in [0, 0.05) is 18.7 Å². The van der Waals surface area contributed by atoms with Crippen LogP contribution in [0.5, 0.6) is 11.8 Å². The molecule has 0 unspecified atom stereocenters. The van der Waals surface area contributed by atoms with E-state index in [1.807, 2.05) is 6.92 Å². The average Bonchev–Trinajstić information content (AvgIpc) is 2.99. The fraction of sp³-hybridized carbons (Fsp3) is 0.167. The molecule has 1 atom stereocenters. The molecule has 0 bridgehead atoms. The van der Waals surface area contributed by atoms with Gasteiger partial charge in [0.1, 0.15) is 22.6 Å². The maximum Gasteiger partial charge on any atom is 0.289 e. The van der Waals surface area contributed by atoms with Crippen LogP contribution in [0.15, 0.2) is 35.1 Å². The van der Waals surface area contributed by atoms with Gasteiger partial charge >= 0.3 is 0 Å². The molecule has 1 aliphatic heterocycles. The van der Waals surface area contributed by atoms with Gasteiger partial charge in [-0.1, -0.05) is 11.6 Å². The molecule has 1 amide bonds. The molecule has 0 radical (unpaired) electrons. The number of ether oxygens (including phenoxy) is 1. The Balaban J connectivity index is 1.62. The number of halogens is 1. The maximum atomic E-state index is 12.4. The van der Waals surface area contributed by atoms with Gasteiger partial charge in [-0.15, -0.1) is 0 Å². The molecular formula is C18H13ClN6O3. The lowest BCUT2D eigenvalue weighted by Crippen LogP contribution is -2.34. The van der Waals surface area contributed by atoms with Crippen LogP contribution < -0.4 is 15.4 Å². The normalized spacial score (nSPS) is 16.4. The Morgan fingerprint density at radius 1 is 1.25 bits per heavy atom. The van der Waals surface area contributed by atoms with Crippen LogP contribution in [0.3, 0.4) is 0 Å². The van der Waals surface area contributed by atoms with Crippen molar-refractivity contribution in [3.05, 3.63) is 41.6 Å². The van der Waals surface area contributed by atoms with Gasteiger partial charge < -0.3 is 19.8 Å². The van der Waals surface area contributed by atoms with Crippen molar-refractivity contribution < 1.29 is 13.9 Å². The molecule has 1 aliphatic rings. The van der Waals surface area contributed by atoms with Crippen molar-refractivity contribution in [2.75, 3.05) is 11.9 Å². The molecule has 9 nitrogen and oxygen atoms in total. The predicted octanol–water partition coefficient (Wildman–Crippen LogP) is 3.16. The molecule has 0 saturated carbocycles. The van der Waals surface area contributed by atoms with Crippen LogP contribution >= 0.6 is 11.6 Å². The highest BCUT2D eigenvalue weighted by Gasteiger charge is 2.27. The van der Waals surface area contributed by atoms with Crippen molar-refractivity contribution in [2.45, 2.75) is 13.0 Å². The molecule has 140 valence electrons. The third kappa shape index (κ3) is 2.76. The summed E-state index contributed by atoms with van der Waals surface area (Å²) in [7, 11) is 0. The minimum absolute atomic E-state index is 0.0223. The molecule has 28 heavy (non-hydrogen) atoms. The van der Waals surface area contributed by atoms with Crippen molar-refractivity contribution in [1.82, 2.24) is 25.3 Å². The van der Waals surface area contributed by atoms with Gasteiger partial charge in [0.15, 0.2) is 0 Å². The third-order valence-corrected chi connectivity index (χ3v) is 4.54. The zero-order valence-corrected chi connectivity index (χ0v) is 15.3. The highest BCUT2D eigenvalue weighted by atomic mass is 35.5. The number of carbonyl (C=O) groups excluding carboxylic acids is 1. The molecule has 1 aromatic carbocycles. The first kappa shape index (κ1) is 16.7. The standard InChI is InChI=1S/C18H13ClN6O3/c1-8-5-20-16-14-10(27-17(16)18(26)24-8)3-2-9-15(14)21-6-13(25-9)28-12-4-11(19)22-7-23-12/h2-4,6-8,20H,5H2,1H3,(H,24,26)/t8-/m1/s1. The van der Waals surface area contributed by atoms with Crippen LogP contribution in [-0.4, -0.2) is 38.4 Å². The van der Waals surface area contributed by atoms with Crippen molar-refractivity contribution in [3.8, 4) is 11.8 Å². The Hall–Kier alpha value is -3.46. The second-order valence-electron chi connectivity index (χ2n) is 6.36. The van der Waals surface area contributed by atoms with E-state index in [4.69, 9.17) is 20.8 Å². The summed E-state index contributed by atoms with van der Waals surface area (Å²) in [4.78, 5) is 29.1. The number of furan rings is 1. The predicted molar refractivity (Wildman–Crippen MR) is 102 cm³/mol. The van der Waals surface area contributed by atoms with E-state index in [0.717, 1.165) is 0 Å². The van der Waals surface area contributed by atoms with Crippen LogP contribution in [0.1, 0.15) is 17.5 Å². The first-order valence-corrected chi connectivity index (χ1v) is 8.88. The Kier molecular flexibility index (Phi) is 3.76. The molecule has 0 aliphatic carbocycles. The number of aromatic nitrogens is 4. The van der Waals surface area contributed by atoms with Crippen LogP contribution in [0, 0.1) is 0 Å². The molecule has 4 heterocycles. The number of amides is 1. The van der Waals surface area contributed by atoms with Crippen LogP contribution in [0.2, 0.25) is 5.15 Å². The van der Waals surface area contributed by atoms with Gasteiger partial charge in [0.05, 0.1) is 22.8 Å². The lowest BCUT2D eigenvalue weighted by atomic mass is 10.1. The van der Waals surface area contributed by atoms with E-state index in [-0.39, 0.29) is 34.6 Å². The average molecular weight is 397 g/mol. The summed E-state index contributed by atoms with van der Waals surface area (Å²) in [6.07, 6.45) is 2.78. The van der Waals surface area contributed by atoms with Gasteiger partial charge in [0.2, 0.25) is 17.5 Å². The van der Waals surface area contributed by atoms with Crippen molar-refractivity contribution >= 4 is 45.2 Å². The number of nitrogens with one attached hydrogen (secondary N) is 2. The quantitative estimate of drug-likeness (QED) is 0.496. The van der Waals surface area contributed by atoms with Gasteiger partial charge in [-0.2, -0.15) is 0 Å². The molecule has 10 heteroatoms. The lowest BCUT2D eigenvalue weighted by molar-refractivity contribution is 0.0920. The smallest absolute Gasteiger partial charge is 0.289 e. The summed E-state index contributed by atoms with van der Waals surface area (Å²) in [6.45, 7) is 2.49. The zero-order chi connectivity index (χ0) is 19.3. The first-order chi connectivity index (χ1) is 13.6. The van der Waals surface area contributed by atoms with Gasteiger partial charge in [-0.3, -0.25) is 4.79 Å². The minimum Gasteiger partial charge on any atom is -0.449 e. The van der Waals surface area contributed by atoms with Gasteiger partial charge in [-0.25, -0.2) is 19.9 Å². The highest BCUT2D eigenvalue weighted by Crippen LogP contribution is 2.36. The van der Waals surface area contributed by atoms with E-state index in [1.54, 1.807) is 12.1 Å². The van der Waals surface area contributed by atoms with Crippen molar-refractivity contribution in [1.29, 1.82) is 0 Å². The Labute approximate surface area is 163 Å². The van der Waals surface area contributed by atoms with E-state index in [1.165, 1.54) is 18.6 Å². The van der Waals surface area contributed by atoms with Crippen LogP contribution in [0.25, 0.3) is 22.0 Å². The van der Waals surface area contributed by atoms with E-state index < -0.39 is 0 Å². The van der Waals surface area contributed by atoms with E-state index >= 15 is 0 Å². The highest BCUT2D eigenvalue weighted by molar-refractivity contribution is 6.29. The summed E-state index contributed by atoms with van der Waals surface area (Å²) >= 11 is 5.84. The van der Waals surface area contributed by atoms with Crippen LogP contribution in [-0.2, 0) is 0 Å². The first-order valence-electron chi connectivity index (χ1n) is 8.51. The Morgan fingerprint density at radius 3 is 3.00 bits per heavy atom. The maximum absolute atomic E-state index is 12.4. The Bertz CT molecular complexity index is 1240. The molecule has 4 aromatic rings. The molecule has 5 rings (SSSR count). The number of fused-ring (bicyclic) bond motifs is 5. The van der Waals surface area contributed by atoms with Gasteiger partial charge in [-0.05, 0) is 19.1 Å². The second kappa shape index (κ2) is 6.31. The SMILES string of the molecule is C[C@@H]1CNc2c(oc3ccc4nc(Oc5cc(Cl)ncn5)cnc4c23)C(=O)N1.